The maximum atomic E-state index is 11.5. The van der Waals surface area contributed by atoms with Crippen molar-refractivity contribution < 1.29 is 4.79 Å². The highest BCUT2D eigenvalue weighted by Gasteiger charge is 2.36. The van der Waals surface area contributed by atoms with Crippen molar-refractivity contribution in [1.82, 2.24) is 4.90 Å². The lowest BCUT2D eigenvalue weighted by molar-refractivity contribution is -0.124. The Kier molecular flexibility index (Phi) is 4.00. The van der Waals surface area contributed by atoms with Gasteiger partial charge in [0.25, 0.3) is 5.91 Å². The van der Waals surface area contributed by atoms with Gasteiger partial charge in [0.2, 0.25) is 0 Å². The fraction of sp³-hybridized carbons (Fsp3) is 0.727. The maximum absolute atomic E-state index is 11.5. The van der Waals surface area contributed by atoms with Crippen LogP contribution in [0, 0.1) is 16.2 Å². The molecule has 1 heterocycles. The number of hydrogen-bond acceptors (Lipinski definition) is 1. The average Bonchev–Trinajstić information content (AvgIpc) is 2.63. The van der Waals surface area contributed by atoms with E-state index in [1.165, 1.54) is 0 Å². The molecule has 1 rings (SSSR count). The lowest BCUT2D eigenvalue weighted by Crippen LogP contribution is -2.30. The molecular weight excluding hydrogens is 242 g/mol. The van der Waals surface area contributed by atoms with E-state index in [0.29, 0.717) is 5.41 Å². The molecule has 0 spiro atoms. The second-order valence-corrected chi connectivity index (χ2v) is 4.30. The number of hydrogen-bond donors (Lipinski definition) is 0. The van der Waals surface area contributed by atoms with Crippen molar-refractivity contribution >= 4 is 21.8 Å². The topological polar surface area (TPSA) is 20.3 Å². The Morgan fingerprint density at radius 1 is 1.50 bits per heavy atom. The fourth-order valence-electron chi connectivity index (χ4n) is 2.06. The molecular formula is C11H16BrNO. The van der Waals surface area contributed by atoms with Crippen LogP contribution in [0.1, 0.15) is 33.1 Å². The van der Waals surface area contributed by atoms with Crippen LogP contribution in [0.3, 0.4) is 0 Å². The van der Waals surface area contributed by atoms with Crippen molar-refractivity contribution in [3.8, 4) is 10.8 Å². The summed E-state index contributed by atoms with van der Waals surface area (Å²) in [5.41, 5.74) is 0.351. The van der Waals surface area contributed by atoms with E-state index in [4.69, 9.17) is 0 Å². The molecule has 0 bridgehead atoms. The lowest BCUT2D eigenvalue weighted by Gasteiger charge is -2.25. The second-order valence-electron chi connectivity index (χ2n) is 3.90. The van der Waals surface area contributed by atoms with E-state index in [1.807, 2.05) is 4.90 Å². The Balaban J connectivity index is 2.63. The molecule has 0 atom stereocenters. The van der Waals surface area contributed by atoms with Gasteiger partial charge in [0.15, 0.2) is 0 Å². The zero-order valence-corrected chi connectivity index (χ0v) is 10.4. The predicted octanol–water partition coefficient (Wildman–Crippen LogP) is 2.38. The molecule has 0 aliphatic carbocycles. The van der Waals surface area contributed by atoms with Gasteiger partial charge in [-0.25, -0.2) is 0 Å². The van der Waals surface area contributed by atoms with Gasteiger partial charge in [-0.3, -0.25) is 4.79 Å². The van der Waals surface area contributed by atoms with E-state index < -0.39 is 0 Å². The van der Waals surface area contributed by atoms with E-state index in [0.717, 1.165) is 32.4 Å². The minimum Gasteiger partial charge on any atom is -0.331 e. The molecule has 0 aromatic rings. The first-order valence-corrected chi connectivity index (χ1v) is 5.87. The van der Waals surface area contributed by atoms with Gasteiger partial charge in [-0.2, -0.15) is 0 Å². The van der Waals surface area contributed by atoms with Crippen LogP contribution in [0.15, 0.2) is 0 Å². The van der Waals surface area contributed by atoms with Crippen molar-refractivity contribution in [2.24, 2.45) is 5.41 Å². The Morgan fingerprint density at radius 3 is 2.57 bits per heavy atom. The van der Waals surface area contributed by atoms with E-state index in [9.17, 15) is 4.79 Å². The zero-order chi connectivity index (χ0) is 10.6. The first-order valence-electron chi connectivity index (χ1n) is 5.08. The van der Waals surface area contributed by atoms with Crippen LogP contribution in [-0.2, 0) is 4.79 Å². The largest absolute Gasteiger partial charge is 0.331 e. The first kappa shape index (κ1) is 11.6. The predicted molar refractivity (Wildman–Crippen MR) is 60.9 cm³/mol. The normalized spacial score (nSPS) is 18.9. The SMILES string of the molecule is CCC1(CC)CCN(C(=O)C#CBr)C1. The molecule has 78 valence electrons. The van der Waals surface area contributed by atoms with E-state index in [-0.39, 0.29) is 5.91 Å². The number of amides is 1. The lowest BCUT2D eigenvalue weighted by atomic mass is 9.82. The number of rotatable bonds is 2. The van der Waals surface area contributed by atoms with Gasteiger partial charge in [-0.1, -0.05) is 13.8 Å². The highest BCUT2D eigenvalue weighted by molar-refractivity contribution is 9.12. The third-order valence-electron chi connectivity index (χ3n) is 3.38. The zero-order valence-electron chi connectivity index (χ0n) is 8.77. The van der Waals surface area contributed by atoms with Crippen LogP contribution >= 0.6 is 15.9 Å². The second kappa shape index (κ2) is 4.84. The Bertz CT molecular complexity index is 273. The van der Waals surface area contributed by atoms with Crippen LogP contribution in [0.25, 0.3) is 0 Å². The quantitative estimate of drug-likeness (QED) is 0.696. The van der Waals surface area contributed by atoms with Crippen LogP contribution in [0.2, 0.25) is 0 Å². The first-order chi connectivity index (χ1) is 6.67. The summed E-state index contributed by atoms with van der Waals surface area (Å²) >= 11 is 2.95. The summed E-state index contributed by atoms with van der Waals surface area (Å²) in [6.07, 6.45) is 3.42. The number of carbonyl (C=O) groups excluding carboxylic acids is 1. The molecule has 0 radical (unpaired) electrons. The molecule has 1 amide bonds. The fourth-order valence-corrected chi connectivity index (χ4v) is 2.22. The third-order valence-corrected chi connectivity index (χ3v) is 3.58. The molecule has 0 saturated carbocycles. The minimum atomic E-state index is -0.0503. The summed E-state index contributed by atoms with van der Waals surface area (Å²) in [5.74, 6) is 2.48. The Hall–Kier alpha value is -0.490. The monoisotopic (exact) mass is 257 g/mol. The summed E-state index contributed by atoms with van der Waals surface area (Å²) in [5, 5.41) is 0. The Morgan fingerprint density at radius 2 is 2.14 bits per heavy atom. The van der Waals surface area contributed by atoms with Crippen molar-refractivity contribution in [3.63, 3.8) is 0 Å². The molecule has 1 fully saturated rings. The molecule has 0 unspecified atom stereocenters. The van der Waals surface area contributed by atoms with Crippen LogP contribution in [0.4, 0.5) is 0 Å². The van der Waals surface area contributed by atoms with Gasteiger partial charge in [-0.15, -0.1) is 0 Å². The molecule has 0 aromatic carbocycles. The van der Waals surface area contributed by atoms with E-state index in [2.05, 4.69) is 40.5 Å². The summed E-state index contributed by atoms with van der Waals surface area (Å²) in [6, 6.07) is 0. The molecule has 14 heavy (non-hydrogen) atoms. The summed E-state index contributed by atoms with van der Waals surface area (Å²) in [7, 11) is 0. The van der Waals surface area contributed by atoms with Crippen molar-refractivity contribution in [3.05, 3.63) is 0 Å². The summed E-state index contributed by atoms with van der Waals surface area (Å²) in [6.45, 7) is 6.14. The van der Waals surface area contributed by atoms with Crippen LogP contribution in [-0.4, -0.2) is 23.9 Å². The number of carbonyl (C=O) groups is 1. The van der Waals surface area contributed by atoms with Gasteiger partial charge in [0, 0.05) is 34.9 Å². The number of halogens is 1. The molecule has 0 N–H and O–H groups in total. The standard InChI is InChI=1S/C11H16BrNO/c1-3-11(4-2)6-8-13(9-11)10(14)5-7-12/h3-4,6,8-9H2,1-2H3. The molecule has 0 aromatic heterocycles. The van der Waals surface area contributed by atoms with Crippen LogP contribution in [0.5, 0.6) is 0 Å². The molecule has 1 saturated heterocycles. The number of likely N-dealkylation sites (tertiary alicyclic amines) is 1. The Labute approximate surface area is 94.2 Å². The van der Waals surface area contributed by atoms with Crippen LogP contribution < -0.4 is 0 Å². The van der Waals surface area contributed by atoms with Gasteiger partial charge < -0.3 is 4.90 Å². The summed E-state index contributed by atoms with van der Waals surface area (Å²) < 4.78 is 0. The van der Waals surface area contributed by atoms with Gasteiger partial charge in [0.1, 0.15) is 0 Å². The highest BCUT2D eigenvalue weighted by Crippen LogP contribution is 2.36. The smallest absolute Gasteiger partial charge is 0.299 e. The molecule has 1 aliphatic heterocycles. The molecule has 1 aliphatic rings. The average molecular weight is 258 g/mol. The third kappa shape index (κ3) is 2.30. The van der Waals surface area contributed by atoms with E-state index in [1.54, 1.807) is 0 Å². The van der Waals surface area contributed by atoms with Gasteiger partial charge in [0.05, 0.1) is 0 Å². The molecule has 2 nitrogen and oxygen atoms in total. The maximum Gasteiger partial charge on any atom is 0.299 e. The summed E-state index contributed by atoms with van der Waals surface area (Å²) in [4.78, 5) is 15.8. The van der Waals surface area contributed by atoms with Gasteiger partial charge >= 0.3 is 0 Å². The molecule has 3 heteroatoms. The van der Waals surface area contributed by atoms with Crippen molar-refractivity contribution in [1.29, 1.82) is 0 Å². The van der Waals surface area contributed by atoms with Crippen molar-refractivity contribution in [2.75, 3.05) is 13.1 Å². The number of nitrogens with zero attached hydrogens (tertiary/aromatic N) is 1. The minimum absolute atomic E-state index is 0.0503. The highest BCUT2D eigenvalue weighted by atomic mass is 79.9. The van der Waals surface area contributed by atoms with Gasteiger partial charge in [-0.05, 0) is 29.5 Å². The van der Waals surface area contributed by atoms with E-state index >= 15 is 0 Å². The van der Waals surface area contributed by atoms with Crippen molar-refractivity contribution in [2.45, 2.75) is 33.1 Å².